The van der Waals surface area contributed by atoms with Crippen LogP contribution in [0.25, 0.3) is 55.8 Å². The van der Waals surface area contributed by atoms with E-state index in [4.69, 9.17) is 0 Å². The van der Waals surface area contributed by atoms with Crippen LogP contribution in [0, 0.1) is 17.6 Å². The van der Waals surface area contributed by atoms with E-state index >= 15 is 4.39 Å². The molecule has 6 aromatic rings. The van der Waals surface area contributed by atoms with Gasteiger partial charge in [0.15, 0.2) is 17.3 Å². The van der Waals surface area contributed by atoms with Crippen LogP contribution in [0.3, 0.4) is 0 Å². The predicted molar refractivity (Wildman–Crippen MR) is 146 cm³/mol. The minimum absolute atomic E-state index is 0.110. The Kier molecular flexibility index (Phi) is 6.07. The van der Waals surface area contributed by atoms with Crippen LogP contribution >= 0.6 is 0 Å². The van der Waals surface area contributed by atoms with Crippen molar-refractivity contribution < 1.29 is 13.6 Å². The van der Waals surface area contributed by atoms with E-state index in [1.54, 1.807) is 42.9 Å². The molecule has 0 aliphatic rings. The molecule has 0 fully saturated rings. The third-order valence-corrected chi connectivity index (χ3v) is 6.35. The zero-order chi connectivity index (χ0) is 27.1. The van der Waals surface area contributed by atoms with Crippen LogP contribution in [0.15, 0.2) is 67.1 Å². The van der Waals surface area contributed by atoms with Crippen LogP contribution in [0.2, 0.25) is 0 Å². The number of hydrogen-bond donors (Lipinski definition) is 3. The van der Waals surface area contributed by atoms with Gasteiger partial charge in [-0.2, -0.15) is 5.10 Å². The molecule has 6 rings (SSSR count). The van der Waals surface area contributed by atoms with E-state index in [0.29, 0.717) is 51.3 Å². The average molecular weight is 524 g/mol. The monoisotopic (exact) mass is 523 g/mol. The Labute approximate surface area is 221 Å². The first-order valence-corrected chi connectivity index (χ1v) is 12.4. The fourth-order valence-corrected chi connectivity index (χ4v) is 4.57. The molecule has 0 saturated heterocycles. The zero-order valence-electron chi connectivity index (χ0n) is 21.1. The van der Waals surface area contributed by atoms with Crippen molar-refractivity contribution in [2.75, 3.05) is 5.32 Å². The molecular formula is C29H23F2N7O. The van der Waals surface area contributed by atoms with Crippen LogP contribution in [0.5, 0.6) is 0 Å². The first kappa shape index (κ1) is 24.4. The van der Waals surface area contributed by atoms with E-state index in [-0.39, 0.29) is 23.2 Å². The zero-order valence-corrected chi connectivity index (χ0v) is 21.1. The van der Waals surface area contributed by atoms with Gasteiger partial charge in [-0.1, -0.05) is 26.0 Å². The van der Waals surface area contributed by atoms with Crippen LogP contribution in [0.4, 0.5) is 14.5 Å². The lowest BCUT2D eigenvalue weighted by atomic mass is 10.0. The number of aromatic nitrogens is 6. The molecule has 4 aromatic heterocycles. The number of benzene rings is 2. The highest BCUT2D eigenvalue weighted by Gasteiger charge is 2.18. The summed E-state index contributed by atoms with van der Waals surface area (Å²) in [6, 6.07) is 12.9. The van der Waals surface area contributed by atoms with Crippen LogP contribution in [-0.4, -0.2) is 36.0 Å². The summed E-state index contributed by atoms with van der Waals surface area (Å²) in [5, 5.41) is 10.4. The number of aromatic amines is 2. The number of carbonyl (C=O) groups is 1. The van der Waals surface area contributed by atoms with Gasteiger partial charge >= 0.3 is 0 Å². The highest BCUT2D eigenvalue weighted by molar-refractivity contribution is 5.98. The van der Waals surface area contributed by atoms with E-state index in [9.17, 15) is 9.18 Å². The molecule has 0 bridgehead atoms. The molecule has 0 radical (unpaired) electrons. The van der Waals surface area contributed by atoms with Gasteiger partial charge in [-0.25, -0.2) is 18.7 Å². The maximum atomic E-state index is 15.2. The molecule has 1 amide bonds. The number of rotatable bonds is 6. The quantitative estimate of drug-likeness (QED) is 0.231. The summed E-state index contributed by atoms with van der Waals surface area (Å²) in [6.07, 6.45) is 5.19. The first-order valence-electron chi connectivity index (χ1n) is 12.4. The predicted octanol–water partition coefficient (Wildman–Crippen LogP) is 6.49. The maximum absolute atomic E-state index is 15.2. The van der Waals surface area contributed by atoms with Crippen molar-refractivity contribution in [1.82, 2.24) is 30.1 Å². The summed E-state index contributed by atoms with van der Waals surface area (Å²) >= 11 is 0. The van der Waals surface area contributed by atoms with Crippen molar-refractivity contribution in [2.45, 2.75) is 20.3 Å². The molecule has 39 heavy (non-hydrogen) atoms. The van der Waals surface area contributed by atoms with Crippen molar-refractivity contribution in [3.8, 4) is 33.8 Å². The van der Waals surface area contributed by atoms with Gasteiger partial charge in [0, 0.05) is 35.3 Å². The van der Waals surface area contributed by atoms with E-state index < -0.39 is 5.82 Å². The molecule has 8 nitrogen and oxygen atoms in total. The van der Waals surface area contributed by atoms with Crippen LogP contribution in [-0.2, 0) is 4.79 Å². The summed E-state index contributed by atoms with van der Waals surface area (Å²) in [5.74, 6) is -0.298. The lowest BCUT2D eigenvalue weighted by Gasteiger charge is -2.09. The van der Waals surface area contributed by atoms with Crippen molar-refractivity contribution >= 4 is 33.7 Å². The van der Waals surface area contributed by atoms with Crippen LogP contribution < -0.4 is 5.32 Å². The number of anilines is 1. The minimum Gasteiger partial charge on any atom is -0.335 e. The maximum Gasteiger partial charge on any atom is 0.224 e. The molecular weight excluding hydrogens is 500 g/mol. The molecule has 10 heteroatoms. The number of pyridine rings is 2. The smallest absolute Gasteiger partial charge is 0.224 e. The van der Waals surface area contributed by atoms with Gasteiger partial charge in [-0.15, -0.1) is 0 Å². The molecule has 2 aromatic carbocycles. The number of nitrogens with zero attached hydrogens (tertiary/aromatic N) is 4. The standard InChI is InChI=1S/C29H23F2N7O/c1-15(2)9-24(39)34-20-10-18(13-32-14-20)17-11-22-25(23(31)12-17)37-38-27(22)29-35-26-21(7-8-33-28(26)36-29)16-3-5-19(30)6-4-16/h3-8,10-15H,9H2,1-2H3,(H,34,39)(H,37,38)(H,33,35,36). The van der Waals surface area contributed by atoms with Gasteiger partial charge in [-0.3, -0.25) is 14.9 Å². The molecule has 194 valence electrons. The number of H-pyrrole nitrogens is 2. The van der Waals surface area contributed by atoms with E-state index in [2.05, 4.69) is 35.5 Å². The summed E-state index contributed by atoms with van der Waals surface area (Å²) in [5.41, 5.74) is 5.10. The van der Waals surface area contributed by atoms with Gasteiger partial charge < -0.3 is 10.3 Å². The number of nitrogens with one attached hydrogen (secondary N) is 3. The lowest BCUT2D eigenvalue weighted by molar-refractivity contribution is -0.116. The largest absolute Gasteiger partial charge is 0.335 e. The Morgan fingerprint density at radius 1 is 1.00 bits per heavy atom. The number of halogens is 2. The summed E-state index contributed by atoms with van der Waals surface area (Å²) < 4.78 is 28.7. The molecule has 0 atom stereocenters. The van der Waals surface area contributed by atoms with Crippen molar-refractivity contribution in [3.63, 3.8) is 0 Å². The molecule has 0 saturated carbocycles. The Balaban J connectivity index is 1.41. The number of fused-ring (bicyclic) bond motifs is 2. The molecule has 4 heterocycles. The number of hydrogen-bond acceptors (Lipinski definition) is 5. The summed E-state index contributed by atoms with van der Waals surface area (Å²) in [4.78, 5) is 28.7. The Morgan fingerprint density at radius 3 is 2.62 bits per heavy atom. The fraction of sp³-hybridized carbons (Fsp3) is 0.138. The van der Waals surface area contributed by atoms with Crippen LogP contribution in [0.1, 0.15) is 20.3 Å². The van der Waals surface area contributed by atoms with Gasteiger partial charge in [0.05, 0.1) is 17.4 Å². The SMILES string of the molecule is CC(C)CC(=O)Nc1cncc(-c2cc(F)c3n[nH]c(-c4nc5nccc(-c6ccc(F)cc6)c5[nH]4)c3c2)c1. The third-order valence-electron chi connectivity index (χ3n) is 6.35. The number of amides is 1. The molecule has 0 spiro atoms. The minimum atomic E-state index is -0.513. The Hall–Kier alpha value is -4.99. The molecule has 3 N–H and O–H groups in total. The Bertz CT molecular complexity index is 1840. The molecule has 0 unspecified atom stereocenters. The highest BCUT2D eigenvalue weighted by Crippen LogP contribution is 2.34. The van der Waals surface area contributed by atoms with Crippen molar-refractivity contribution in [3.05, 3.63) is 78.8 Å². The molecule has 0 aliphatic carbocycles. The van der Waals surface area contributed by atoms with Gasteiger partial charge in [0.25, 0.3) is 0 Å². The number of carbonyl (C=O) groups excluding carboxylic acids is 1. The van der Waals surface area contributed by atoms with Gasteiger partial charge in [0.1, 0.15) is 17.0 Å². The number of imidazole rings is 1. The van der Waals surface area contributed by atoms with Gasteiger partial charge in [-0.05, 0) is 53.4 Å². The van der Waals surface area contributed by atoms with Crippen molar-refractivity contribution in [1.29, 1.82) is 0 Å². The second-order valence-electron chi connectivity index (χ2n) is 9.71. The van der Waals surface area contributed by atoms with E-state index in [1.165, 1.54) is 18.2 Å². The second-order valence-corrected chi connectivity index (χ2v) is 9.71. The molecule has 0 aliphatic heterocycles. The average Bonchev–Trinajstić information content (AvgIpc) is 3.53. The highest BCUT2D eigenvalue weighted by atomic mass is 19.1. The third kappa shape index (κ3) is 4.72. The normalized spacial score (nSPS) is 11.5. The second kappa shape index (κ2) is 9.71. The topological polar surface area (TPSA) is 112 Å². The lowest BCUT2D eigenvalue weighted by Crippen LogP contribution is -2.13. The summed E-state index contributed by atoms with van der Waals surface area (Å²) in [7, 11) is 0. The van der Waals surface area contributed by atoms with Crippen molar-refractivity contribution in [2.24, 2.45) is 5.92 Å². The van der Waals surface area contributed by atoms with Gasteiger partial charge in [0.2, 0.25) is 5.91 Å². The summed E-state index contributed by atoms with van der Waals surface area (Å²) in [6.45, 7) is 3.94. The van der Waals surface area contributed by atoms with E-state index in [0.717, 1.165) is 11.1 Å². The Morgan fingerprint density at radius 2 is 1.82 bits per heavy atom. The van der Waals surface area contributed by atoms with E-state index in [1.807, 2.05) is 19.9 Å². The first-order chi connectivity index (χ1) is 18.9. The fourth-order valence-electron chi connectivity index (χ4n) is 4.57.